The first-order valence-corrected chi connectivity index (χ1v) is 8.02. The van der Waals surface area contributed by atoms with E-state index in [1.54, 1.807) is 6.92 Å². The molecule has 0 aromatic carbocycles. The van der Waals surface area contributed by atoms with Gasteiger partial charge in [0.05, 0.1) is 11.7 Å². The van der Waals surface area contributed by atoms with E-state index in [0.29, 0.717) is 18.3 Å². The number of halogens is 3. The Morgan fingerprint density at radius 1 is 1.48 bits per heavy atom. The van der Waals surface area contributed by atoms with Crippen molar-refractivity contribution < 1.29 is 22.5 Å². The van der Waals surface area contributed by atoms with Gasteiger partial charge in [0, 0.05) is 13.1 Å². The number of hydrogen-bond acceptors (Lipinski definition) is 5. The molecule has 2 atom stereocenters. The van der Waals surface area contributed by atoms with Crippen molar-refractivity contribution in [2.45, 2.75) is 37.8 Å². The number of nitrogens with one attached hydrogen (secondary N) is 1. The zero-order chi connectivity index (χ0) is 17.8. The molecule has 2 aliphatic rings. The van der Waals surface area contributed by atoms with Crippen molar-refractivity contribution in [1.82, 2.24) is 25.0 Å². The second kappa shape index (κ2) is 5.30. The highest BCUT2D eigenvalue weighted by Gasteiger charge is 2.55. The number of aromatic nitrogens is 4. The van der Waals surface area contributed by atoms with Crippen LogP contribution in [-0.2, 0) is 11.6 Å². The first-order valence-electron chi connectivity index (χ1n) is 8.02. The maximum absolute atomic E-state index is 13.0. The minimum atomic E-state index is -4.65. The first kappa shape index (κ1) is 16.1. The van der Waals surface area contributed by atoms with E-state index in [0.717, 1.165) is 25.6 Å². The number of carbonyl (C=O) groups is 1. The normalized spacial score (nSPS) is 26.2. The average molecular weight is 355 g/mol. The zero-order valence-electron chi connectivity index (χ0n) is 13.4. The second-order valence-electron chi connectivity index (χ2n) is 6.70. The van der Waals surface area contributed by atoms with Crippen LogP contribution >= 0.6 is 0 Å². The molecule has 7 nitrogen and oxygen atoms in total. The monoisotopic (exact) mass is 355 g/mol. The number of imidazole rings is 1. The summed E-state index contributed by atoms with van der Waals surface area (Å²) >= 11 is 0. The summed E-state index contributed by atoms with van der Waals surface area (Å²) in [7, 11) is 0. The van der Waals surface area contributed by atoms with E-state index < -0.39 is 28.9 Å². The first-order chi connectivity index (χ1) is 11.8. The molecule has 25 heavy (non-hydrogen) atoms. The molecule has 2 aromatic rings. The number of hydrogen-bond donors (Lipinski definition) is 1. The van der Waals surface area contributed by atoms with Gasteiger partial charge >= 0.3 is 6.18 Å². The van der Waals surface area contributed by atoms with E-state index in [1.165, 1.54) is 4.90 Å². The molecular weight excluding hydrogens is 339 g/mol. The lowest BCUT2D eigenvalue weighted by Crippen LogP contribution is -2.35. The van der Waals surface area contributed by atoms with Crippen LogP contribution in [0, 0.1) is 12.8 Å². The van der Waals surface area contributed by atoms with Gasteiger partial charge in [-0.05, 0) is 25.7 Å². The maximum atomic E-state index is 13.0. The number of aryl methyl sites for hydroxylation is 1. The molecule has 2 aromatic heterocycles. The van der Waals surface area contributed by atoms with Crippen LogP contribution in [0.1, 0.15) is 47.2 Å². The van der Waals surface area contributed by atoms with E-state index in [-0.39, 0.29) is 12.5 Å². The number of nitrogens with zero attached hydrogens (tertiary/aromatic N) is 4. The van der Waals surface area contributed by atoms with Gasteiger partial charge in [0.15, 0.2) is 17.2 Å². The van der Waals surface area contributed by atoms with Crippen LogP contribution in [0.2, 0.25) is 0 Å². The van der Waals surface area contributed by atoms with Crippen LogP contribution in [0.3, 0.4) is 0 Å². The zero-order valence-corrected chi connectivity index (χ0v) is 13.4. The lowest BCUT2D eigenvalue weighted by atomic mass is 9.80. The lowest BCUT2D eigenvalue weighted by molar-refractivity contribution is -0.141. The molecule has 1 amide bonds. The fraction of sp³-hybridized carbons (Fsp3) is 0.600. The van der Waals surface area contributed by atoms with E-state index in [2.05, 4.69) is 15.1 Å². The summed E-state index contributed by atoms with van der Waals surface area (Å²) < 4.78 is 44.4. The van der Waals surface area contributed by atoms with E-state index in [9.17, 15) is 18.0 Å². The van der Waals surface area contributed by atoms with Gasteiger partial charge in [-0.2, -0.15) is 18.2 Å². The minimum absolute atomic E-state index is 0.101. The van der Waals surface area contributed by atoms with Crippen molar-refractivity contribution in [3.8, 4) is 0 Å². The van der Waals surface area contributed by atoms with E-state index in [1.807, 2.05) is 4.98 Å². The summed E-state index contributed by atoms with van der Waals surface area (Å²) in [6.45, 7) is 2.34. The topological polar surface area (TPSA) is 87.9 Å². The number of H-pyrrole nitrogens is 1. The summed E-state index contributed by atoms with van der Waals surface area (Å²) in [5.74, 6) is 0.357. The molecule has 3 heterocycles. The third-order valence-corrected chi connectivity index (χ3v) is 5.24. The van der Waals surface area contributed by atoms with Crippen LogP contribution in [0.4, 0.5) is 13.2 Å². The Hall–Kier alpha value is -2.39. The summed E-state index contributed by atoms with van der Waals surface area (Å²) in [6, 6.07) is 0. The number of rotatable bonds is 2. The summed E-state index contributed by atoms with van der Waals surface area (Å²) in [6.07, 6.45) is -1.15. The molecular formula is C15H16F3N5O2. The molecule has 0 radical (unpaired) electrons. The Kier molecular flexibility index (Phi) is 3.41. The Labute approximate surface area is 140 Å². The fourth-order valence-electron chi connectivity index (χ4n) is 4.12. The third kappa shape index (κ3) is 2.42. The molecule has 0 bridgehead atoms. The molecule has 1 saturated carbocycles. The largest absolute Gasteiger partial charge is 0.433 e. The fourth-order valence-corrected chi connectivity index (χ4v) is 4.12. The Balaban J connectivity index is 1.64. The van der Waals surface area contributed by atoms with Crippen molar-refractivity contribution in [2.75, 3.05) is 13.1 Å². The molecule has 1 N–H and O–H groups in total. The lowest BCUT2D eigenvalue weighted by Gasteiger charge is -2.24. The second-order valence-corrected chi connectivity index (χ2v) is 6.70. The highest BCUT2D eigenvalue weighted by Crippen LogP contribution is 2.50. The van der Waals surface area contributed by atoms with Gasteiger partial charge in [-0.25, -0.2) is 4.98 Å². The summed E-state index contributed by atoms with van der Waals surface area (Å²) in [5, 5.41) is 3.83. The number of amides is 1. The molecule has 0 spiro atoms. The van der Waals surface area contributed by atoms with Gasteiger partial charge in [0.25, 0.3) is 5.91 Å². The molecule has 134 valence electrons. The van der Waals surface area contributed by atoms with Gasteiger partial charge in [0.1, 0.15) is 0 Å². The molecule has 0 unspecified atom stereocenters. The number of likely N-dealkylation sites (tertiary alicyclic amines) is 1. The molecule has 1 aliphatic heterocycles. The Morgan fingerprint density at radius 3 is 2.96 bits per heavy atom. The number of fused-ring (bicyclic) bond motifs is 1. The van der Waals surface area contributed by atoms with Crippen molar-refractivity contribution in [3.05, 3.63) is 29.4 Å². The third-order valence-electron chi connectivity index (χ3n) is 5.24. The maximum Gasteiger partial charge on any atom is 0.433 e. The molecule has 10 heteroatoms. The van der Waals surface area contributed by atoms with Crippen LogP contribution < -0.4 is 0 Å². The van der Waals surface area contributed by atoms with Crippen molar-refractivity contribution >= 4 is 5.91 Å². The summed E-state index contributed by atoms with van der Waals surface area (Å²) in [4.78, 5) is 24.0. The van der Waals surface area contributed by atoms with Gasteiger partial charge in [0.2, 0.25) is 5.89 Å². The van der Waals surface area contributed by atoms with Crippen LogP contribution in [0.15, 0.2) is 10.9 Å². The highest BCUT2D eigenvalue weighted by molar-refractivity contribution is 5.94. The van der Waals surface area contributed by atoms with Crippen LogP contribution in [0.25, 0.3) is 0 Å². The Morgan fingerprint density at radius 2 is 2.28 bits per heavy atom. The van der Waals surface area contributed by atoms with Gasteiger partial charge < -0.3 is 14.4 Å². The van der Waals surface area contributed by atoms with E-state index >= 15 is 0 Å². The highest BCUT2D eigenvalue weighted by atomic mass is 19.4. The minimum Gasteiger partial charge on any atom is -0.340 e. The van der Waals surface area contributed by atoms with Gasteiger partial charge in [-0.3, -0.25) is 4.79 Å². The average Bonchev–Trinajstić information content (AvgIpc) is 3.27. The van der Waals surface area contributed by atoms with Crippen molar-refractivity contribution in [2.24, 2.45) is 5.92 Å². The quantitative estimate of drug-likeness (QED) is 0.893. The standard InChI is InChI=1S/C15H16F3N5O2/c1-8-21-13(25-22-8)14-4-2-3-9(14)5-23(6-14)12(24)10-11(15(16,17)18)20-7-19-10/h7,9H,2-6H2,1H3,(H,19,20)/t9-,14-/m0/s1. The van der Waals surface area contributed by atoms with Crippen molar-refractivity contribution in [3.63, 3.8) is 0 Å². The molecule has 4 rings (SSSR count). The Bertz CT molecular complexity index is 814. The predicted molar refractivity (Wildman–Crippen MR) is 77.5 cm³/mol. The molecule has 1 saturated heterocycles. The van der Waals surface area contributed by atoms with E-state index in [4.69, 9.17) is 4.52 Å². The molecule has 2 fully saturated rings. The van der Waals surface area contributed by atoms with Gasteiger partial charge in [-0.1, -0.05) is 11.6 Å². The smallest absolute Gasteiger partial charge is 0.340 e. The van der Waals surface area contributed by atoms with Crippen LogP contribution in [-0.4, -0.2) is 44.0 Å². The van der Waals surface area contributed by atoms with Gasteiger partial charge in [-0.15, -0.1) is 0 Å². The number of aromatic amines is 1. The van der Waals surface area contributed by atoms with Crippen LogP contribution in [0.5, 0.6) is 0 Å². The number of carbonyl (C=O) groups excluding carboxylic acids is 1. The molecule has 1 aliphatic carbocycles. The predicted octanol–water partition coefficient (Wildman–Crippen LogP) is 2.31. The number of alkyl halides is 3. The van der Waals surface area contributed by atoms with Crippen molar-refractivity contribution in [1.29, 1.82) is 0 Å². The SMILES string of the molecule is Cc1noc([C@]23CCC[C@H]2CN(C(=O)c2nc[nH]c2C(F)(F)F)C3)n1. The summed E-state index contributed by atoms with van der Waals surface area (Å²) in [5.41, 5.74) is -2.17.